The summed E-state index contributed by atoms with van der Waals surface area (Å²) in [7, 11) is 0. The standard InChI is InChI=1S/C20H16ClNO4S/c1-11-9-15(12(2)26-11)19(23)22-17(20(24)25)10-13-7-8-18(27-13)14-5-3-4-6-16(14)21/h3-10H,1-2H3,(H,22,23)(H,24,25)/b17-10+. The number of carbonyl (C=O) groups excluding carboxylic acids is 1. The number of rotatable bonds is 5. The van der Waals surface area contributed by atoms with Crippen molar-refractivity contribution in [3.63, 3.8) is 0 Å². The lowest BCUT2D eigenvalue weighted by Gasteiger charge is -2.04. The number of hydrogen-bond acceptors (Lipinski definition) is 4. The number of aryl methyl sites for hydroxylation is 2. The van der Waals surface area contributed by atoms with Gasteiger partial charge in [0.15, 0.2) is 0 Å². The Balaban J connectivity index is 1.86. The van der Waals surface area contributed by atoms with Crippen molar-refractivity contribution in [2.45, 2.75) is 13.8 Å². The molecule has 2 N–H and O–H groups in total. The number of carboxylic acids is 1. The molecule has 0 spiro atoms. The predicted octanol–water partition coefficient (Wildman–Crippen LogP) is 5.13. The summed E-state index contributed by atoms with van der Waals surface area (Å²) in [6, 6.07) is 12.6. The number of aliphatic carboxylic acids is 1. The number of carboxylic acid groups (broad SMARTS) is 1. The monoisotopic (exact) mass is 401 g/mol. The molecular formula is C20H16ClNO4S. The van der Waals surface area contributed by atoms with Gasteiger partial charge in [-0.05, 0) is 44.2 Å². The fourth-order valence-electron chi connectivity index (χ4n) is 2.58. The fraction of sp³-hybridized carbons (Fsp3) is 0.100. The van der Waals surface area contributed by atoms with Gasteiger partial charge in [0.25, 0.3) is 5.91 Å². The molecule has 0 radical (unpaired) electrons. The highest BCUT2D eigenvalue weighted by atomic mass is 35.5. The second-order valence-electron chi connectivity index (χ2n) is 5.83. The third-order valence-electron chi connectivity index (χ3n) is 3.82. The number of nitrogens with one attached hydrogen (secondary N) is 1. The predicted molar refractivity (Wildman–Crippen MR) is 106 cm³/mol. The highest BCUT2D eigenvalue weighted by Crippen LogP contribution is 2.33. The zero-order valence-corrected chi connectivity index (χ0v) is 16.1. The molecule has 0 saturated heterocycles. The molecule has 0 aliphatic heterocycles. The van der Waals surface area contributed by atoms with E-state index in [0.29, 0.717) is 27.0 Å². The van der Waals surface area contributed by atoms with Crippen LogP contribution in [0.1, 0.15) is 26.8 Å². The van der Waals surface area contributed by atoms with Crippen molar-refractivity contribution in [3.05, 3.63) is 75.1 Å². The first-order valence-corrected chi connectivity index (χ1v) is 9.22. The zero-order chi connectivity index (χ0) is 19.6. The van der Waals surface area contributed by atoms with Gasteiger partial charge < -0.3 is 14.8 Å². The molecule has 0 aliphatic carbocycles. The molecule has 1 aromatic carbocycles. The van der Waals surface area contributed by atoms with Crippen LogP contribution >= 0.6 is 22.9 Å². The van der Waals surface area contributed by atoms with E-state index in [-0.39, 0.29) is 5.70 Å². The Morgan fingerprint density at radius 1 is 1.19 bits per heavy atom. The van der Waals surface area contributed by atoms with Crippen LogP contribution in [0.2, 0.25) is 5.02 Å². The number of furan rings is 1. The van der Waals surface area contributed by atoms with Crippen molar-refractivity contribution in [3.8, 4) is 10.4 Å². The van der Waals surface area contributed by atoms with E-state index in [4.69, 9.17) is 16.0 Å². The van der Waals surface area contributed by atoms with Crippen LogP contribution in [0.3, 0.4) is 0 Å². The number of thiophene rings is 1. The molecule has 27 heavy (non-hydrogen) atoms. The summed E-state index contributed by atoms with van der Waals surface area (Å²) < 4.78 is 5.32. The number of halogens is 1. The molecule has 138 valence electrons. The van der Waals surface area contributed by atoms with Crippen LogP contribution in [-0.2, 0) is 4.79 Å². The molecule has 7 heteroatoms. The van der Waals surface area contributed by atoms with E-state index in [2.05, 4.69) is 5.32 Å². The number of carbonyl (C=O) groups is 2. The lowest BCUT2D eigenvalue weighted by atomic mass is 10.2. The first kappa shape index (κ1) is 18.9. The summed E-state index contributed by atoms with van der Waals surface area (Å²) in [5, 5.41) is 12.5. The molecule has 5 nitrogen and oxygen atoms in total. The van der Waals surface area contributed by atoms with Crippen LogP contribution in [0.4, 0.5) is 0 Å². The minimum Gasteiger partial charge on any atom is -0.477 e. The fourth-order valence-corrected chi connectivity index (χ4v) is 3.86. The maximum atomic E-state index is 12.4. The van der Waals surface area contributed by atoms with Gasteiger partial charge >= 0.3 is 5.97 Å². The molecule has 0 saturated carbocycles. The van der Waals surface area contributed by atoms with Crippen molar-refractivity contribution in [2.75, 3.05) is 0 Å². The average Bonchev–Trinajstić information content (AvgIpc) is 3.20. The molecule has 2 aromatic heterocycles. The summed E-state index contributed by atoms with van der Waals surface area (Å²) in [4.78, 5) is 25.5. The van der Waals surface area contributed by atoms with Gasteiger partial charge in [-0.25, -0.2) is 4.79 Å². The lowest BCUT2D eigenvalue weighted by molar-refractivity contribution is -0.132. The average molecular weight is 402 g/mol. The molecule has 0 atom stereocenters. The summed E-state index contributed by atoms with van der Waals surface area (Å²) in [5.41, 5.74) is 0.961. The largest absolute Gasteiger partial charge is 0.477 e. The Bertz CT molecular complexity index is 1050. The molecule has 0 unspecified atom stereocenters. The van der Waals surface area contributed by atoms with E-state index in [1.165, 1.54) is 17.4 Å². The van der Waals surface area contributed by atoms with Crippen molar-refractivity contribution in [1.29, 1.82) is 0 Å². The molecular weight excluding hydrogens is 386 g/mol. The van der Waals surface area contributed by atoms with Gasteiger partial charge in [-0.2, -0.15) is 0 Å². The first-order chi connectivity index (χ1) is 12.8. The van der Waals surface area contributed by atoms with Crippen LogP contribution in [0.15, 0.2) is 52.6 Å². The smallest absolute Gasteiger partial charge is 0.352 e. The van der Waals surface area contributed by atoms with Gasteiger partial charge in [0.1, 0.15) is 17.2 Å². The Kier molecular flexibility index (Phi) is 5.48. The minimum absolute atomic E-state index is 0.217. The minimum atomic E-state index is -1.23. The quantitative estimate of drug-likeness (QED) is 0.580. The summed E-state index contributed by atoms with van der Waals surface area (Å²) >= 11 is 7.59. The van der Waals surface area contributed by atoms with E-state index in [9.17, 15) is 14.7 Å². The Labute approximate surface area is 164 Å². The van der Waals surface area contributed by atoms with Crippen molar-refractivity contribution >= 4 is 40.9 Å². The Hall–Kier alpha value is -2.83. The first-order valence-electron chi connectivity index (χ1n) is 8.03. The number of hydrogen-bond donors (Lipinski definition) is 2. The maximum Gasteiger partial charge on any atom is 0.352 e. The van der Waals surface area contributed by atoms with E-state index in [1.54, 1.807) is 32.0 Å². The van der Waals surface area contributed by atoms with E-state index < -0.39 is 11.9 Å². The molecule has 2 heterocycles. The third kappa shape index (κ3) is 4.30. The molecule has 0 bridgehead atoms. The SMILES string of the molecule is Cc1cc(C(=O)N/C(=C/c2ccc(-c3ccccc3Cl)s2)C(=O)O)c(C)o1. The van der Waals surface area contributed by atoms with Gasteiger partial charge in [0.2, 0.25) is 0 Å². The maximum absolute atomic E-state index is 12.4. The Morgan fingerprint density at radius 2 is 1.93 bits per heavy atom. The molecule has 3 rings (SSSR count). The van der Waals surface area contributed by atoms with E-state index in [1.807, 2.05) is 24.3 Å². The van der Waals surface area contributed by atoms with Gasteiger partial charge in [-0.15, -0.1) is 11.3 Å². The Morgan fingerprint density at radius 3 is 2.56 bits per heavy atom. The van der Waals surface area contributed by atoms with Crippen LogP contribution in [-0.4, -0.2) is 17.0 Å². The van der Waals surface area contributed by atoms with Gasteiger partial charge in [0, 0.05) is 20.3 Å². The normalized spacial score (nSPS) is 11.4. The number of amides is 1. The highest BCUT2D eigenvalue weighted by molar-refractivity contribution is 7.16. The van der Waals surface area contributed by atoms with Gasteiger partial charge in [0.05, 0.1) is 5.56 Å². The van der Waals surface area contributed by atoms with Gasteiger partial charge in [-0.1, -0.05) is 29.8 Å². The molecule has 0 aliphatic rings. The van der Waals surface area contributed by atoms with E-state index in [0.717, 1.165) is 10.4 Å². The molecule has 0 fully saturated rings. The van der Waals surface area contributed by atoms with Crippen LogP contribution < -0.4 is 5.32 Å². The third-order valence-corrected chi connectivity index (χ3v) is 5.21. The summed E-state index contributed by atoms with van der Waals surface area (Å²) in [6.45, 7) is 3.38. The molecule has 3 aromatic rings. The highest BCUT2D eigenvalue weighted by Gasteiger charge is 2.18. The number of benzene rings is 1. The van der Waals surface area contributed by atoms with Crippen molar-refractivity contribution in [2.24, 2.45) is 0 Å². The topological polar surface area (TPSA) is 79.5 Å². The van der Waals surface area contributed by atoms with Gasteiger partial charge in [-0.3, -0.25) is 4.79 Å². The zero-order valence-electron chi connectivity index (χ0n) is 14.6. The van der Waals surface area contributed by atoms with Crippen LogP contribution in [0.25, 0.3) is 16.5 Å². The summed E-state index contributed by atoms with van der Waals surface area (Å²) in [5.74, 6) is -0.734. The van der Waals surface area contributed by atoms with Crippen LogP contribution in [0, 0.1) is 13.8 Å². The summed E-state index contributed by atoms with van der Waals surface area (Å²) in [6.07, 6.45) is 1.42. The van der Waals surface area contributed by atoms with Crippen molar-refractivity contribution in [1.82, 2.24) is 5.32 Å². The lowest BCUT2D eigenvalue weighted by Crippen LogP contribution is -2.27. The second kappa shape index (κ2) is 7.82. The molecule has 1 amide bonds. The van der Waals surface area contributed by atoms with Crippen LogP contribution in [0.5, 0.6) is 0 Å². The van der Waals surface area contributed by atoms with Crippen molar-refractivity contribution < 1.29 is 19.1 Å². The van der Waals surface area contributed by atoms with E-state index >= 15 is 0 Å². The second-order valence-corrected chi connectivity index (χ2v) is 7.35.